The Labute approximate surface area is 111 Å². The van der Waals surface area contributed by atoms with Crippen LogP contribution in [0.4, 0.5) is 0 Å². The molecular weight excluding hydrogens is 240 g/mol. The van der Waals surface area contributed by atoms with Crippen molar-refractivity contribution in [1.29, 1.82) is 0 Å². The van der Waals surface area contributed by atoms with Crippen LogP contribution in [0.1, 0.15) is 38.5 Å². The van der Waals surface area contributed by atoms with Crippen LogP contribution in [0.5, 0.6) is 0 Å². The fourth-order valence-corrected chi connectivity index (χ4v) is 1.69. The molecule has 0 aromatic rings. The van der Waals surface area contributed by atoms with E-state index in [4.69, 9.17) is 9.47 Å². The number of unbranched alkanes of at least 4 members (excludes halogenated alkanes) is 3. The average Bonchev–Trinajstić information content (AvgIpc) is 2.31. The first kappa shape index (κ1) is 16.6. The summed E-state index contributed by atoms with van der Waals surface area (Å²) in [5.41, 5.74) is 0. The highest BCUT2D eigenvalue weighted by Gasteiger charge is 1.92. The molecule has 0 saturated heterocycles. The molecule has 4 heteroatoms. The summed E-state index contributed by atoms with van der Waals surface area (Å²) in [6.45, 7) is 3.49. The summed E-state index contributed by atoms with van der Waals surface area (Å²) in [5.74, 6) is 1.92. The molecule has 98 valence electrons. The predicted molar refractivity (Wildman–Crippen MR) is 77.0 cm³/mol. The Morgan fingerprint density at radius 2 is 0.812 bits per heavy atom. The van der Waals surface area contributed by atoms with E-state index in [1.807, 2.05) is 0 Å². The lowest BCUT2D eigenvalue weighted by atomic mass is 10.3. The molecule has 0 radical (unpaired) electrons. The van der Waals surface area contributed by atoms with Gasteiger partial charge in [-0.05, 0) is 50.0 Å². The fourth-order valence-electron chi connectivity index (χ4n) is 1.24. The molecule has 0 fully saturated rings. The van der Waals surface area contributed by atoms with Crippen molar-refractivity contribution in [3.63, 3.8) is 0 Å². The predicted octanol–water partition coefficient (Wildman–Crippen LogP) is 3.22. The van der Waals surface area contributed by atoms with Gasteiger partial charge in [-0.15, -0.1) is 0 Å². The van der Waals surface area contributed by atoms with E-state index in [9.17, 15) is 0 Å². The van der Waals surface area contributed by atoms with Crippen molar-refractivity contribution in [3.05, 3.63) is 0 Å². The molecule has 0 heterocycles. The van der Waals surface area contributed by atoms with Crippen LogP contribution in [0, 0.1) is 0 Å². The van der Waals surface area contributed by atoms with Gasteiger partial charge in [0.15, 0.2) is 0 Å². The summed E-state index contributed by atoms with van der Waals surface area (Å²) in [6.07, 6.45) is 6.77. The van der Waals surface area contributed by atoms with Crippen molar-refractivity contribution in [1.82, 2.24) is 0 Å². The van der Waals surface area contributed by atoms with Gasteiger partial charge in [0.1, 0.15) is 0 Å². The Balaban J connectivity index is 2.83. The third-order valence-electron chi connectivity index (χ3n) is 2.22. The summed E-state index contributed by atoms with van der Waals surface area (Å²) in [4.78, 5) is 0. The van der Waals surface area contributed by atoms with Gasteiger partial charge in [-0.3, -0.25) is 0 Å². The number of ether oxygens (including phenoxy) is 2. The van der Waals surface area contributed by atoms with E-state index in [1.165, 1.54) is 0 Å². The minimum atomic E-state index is 0.868. The monoisotopic (exact) mass is 266 g/mol. The molecule has 0 aliphatic heterocycles. The van der Waals surface area contributed by atoms with E-state index in [1.54, 1.807) is 0 Å². The van der Waals surface area contributed by atoms with Crippen LogP contribution < -0.4 is 0 Å². The molecule has 0 bridgehead atoms. The van der Waals surface area contributed by atoms with Gasteiger partial charge in [0.2, 0.25) is 0 Å². The Morgan fingerprint density at radius 1 is 0.500 bits per heavy atom. The van der Waals surface area contributed by atoms with Gasteiger partial charge in [-0.2, -0.15) is 25.3 Å². The van der Waals surface area contributed by atoms with Crippen molar-refractivity contribution in [2.45, 2.75) is 38.5 Å². The van der Waals surface area contributed by atoms with Gasteiger partial charge >= 0.3 is 0 Å². The molecule has 16 heavy (non-hydrogen) atoms. The molecule has 0 atom stereocenters. The van der Waals surface area contributed by atoms with E-state index in [0.29, 0.717) is 0 Å². The van der Waals surface area contributed by atoms with Crippen LogP contribution in [0.3, 0.4) is 0 Å². The Morgan fingerprint density at radius 3 is 1.12 bits per heavy atom. The second-order valence-electron chi connectivity index (χ2n) is 3.79. The summed E-state index contributed by atoms with van der Waals surface area (Å²) < 4.78 is 11.0. The molecule has 0 saturated carbocycles. The highest BCUT2D eigenvalue weighted by atomic mass is 32.1. The van der Waals surface area contributed by atoms with E-state index in [-0.39, 0.29) is 0 Å². The van der Waals surface area contributed by atoms with Gasteiger partial charge < -0.3 is 9.47 Å². The first-order valence-corrected chi connectivity index (χ1v) is 7.55. The Kier molecular flexibility index (Phi) is 16.2. The largest absolute Gasteiger partial charge is 0.381 e. The number of rotatable bonds is 13. The lowest BCUT2D eigenvalue weighted by Crippen LogP contribution is -2.01. The molecule has 0 aliphatic rings. The van der Waals surface area contributed by atoms with Crippen molar-refractivity contribution in [3.8, 4) is 0 Å². The van der Waals surface area contributed by atoms with Gasteiger partial charge in [-0.1, -0.05) is 0 Å². The first-order valence-electron chi connectivity index (χ1n) is 6.29. The van der Waals surface area contributed by atoms with Gasteiger partial charge in [0, 0.05) is 26.4 Å². The smallest absolute Gasteiger partial charge is 0.0466 e. The zero-order chi connectivity index (χ0) is 11.9. The van der Waals surface area contributed by atoms with Crippen molar-refractivity contribution < 1.29 is 9.47 Å². The van der Waals surface area contributed by atoms with Crippen LogP contribution in [0.25, 0.3) is 0 Å². The molecule has 0 aromatic carbocycles. The zero-order valence-corrected chi connectivity index (χ0v) is 12.0. The Hall–Kier alpha value is 0.620. The molecule has 0 rings (SSSR count). The van der Waals surface area contributed by atoms with Crippen LogP contribution >= 0.6 is 25.3 Å². The van der Waals surface area contributed by atoms with Crippen molar-refractivity contribution >= 4 is 25.3 Å². The molecule has 0 spiro atoms. The van der Waals surface area contributed by atoms with Crippen molar-refractivity contribution in [2.75, 3.05) is 37.9 Å². The van der Waals surface area contributed by atoms with Crippen LogP contribution in [-0.4, -0.2) is 37.9 Å². The highest BCUT2D eigenvalue weighted by Crippen LogP contribution is 1.97. The zero-order valence-electron chi connectivity index (χ0n) is 10.2. The maximum atomic E-state index is 5.48. The van der Waals surface area contributed by atoms with Crippen LogP contribution in [0.15, 0.2) is 0 Å². The maximum absolute atomic E-state index is 5.48. The molecule has 0 aliphatic carbocycles. The summed E-state index contributed by atoms with van der Waals surface area (Å²) >= 11 is 8.30. The number of hydrogen-bond donors (Lipinski definition) is 2. The lowest BCUT2D eigenvalue weighted by molar-refractivity contribution is 0.100. The summed E-state index contributed by atoms with van der Waals surface area (Å²) in [7, 11) is 0. The van der Waals surface area contributed by atoms with Crippen molar-refractivity contribution in [2.24, 2.45) is 0 Å². The molecular formula is C12H26O2S2. The maximum Gasteiger partial charge on any atom is 0.0466 e. The number of hydrogen-bond acceptors (Lipinski definition) is 4. The molecule has 0 unspecified atom stereocenters. The molecule has 2 nitrogen and oxygen atoms in total. The normalized spacial score (nSPS) is 10.9. The second kappa shape index (κ2) is 15.6. The third kappa shape index (κ3) is 14.6. The SMILES string of the molecule is SCCCCOCCCCOCCCCS. The molecule has 0 N–H and O–H groups in total. The standard InChI is InChI=1S/C12H26O2S2/c15-11-5-3-9-13-7-1-2-8-14-10-4-6-12-16/h15-16H,1-12H2. The molecule has 0 aromatic heterocycles. The lowest BCUT2D eigenvalue weighted by Gasteiger charge is -2.05. The first-order chi connectivity index (χ1) is 7.91. The summed E-state index contributed by atoms with van der Waals surface area (Å²) in [5, 5.41) is 0. The van der Waals surface area contributed by atoms with E-state index in [2.05, 4.69) is 25.3 Å². The quantitative estimate of drug-likeness (QED) is 0.394. The van der Waals surface area contributed by atoms with E-state index >= 15 is 0 Å². The van der Waals surface area contributed by atoms with Gasteiger partial charge in [0.25, 0.3) is 0 Å². The average molecular weight is 266 g/mol. The second-order valence-corrected chi connectivity index (χ2v) is 4.69. The topological polar surface area (TPSA) is 18.5 Å². The number of thiol groups is 2. The van der Waals surface area contributed by atoms with Gasteiger partial charge in [0.05, 0.1) is 0 Å². The summed E-state index contributed by atoms with van der Waals surface area (Å²) in [6, 6.07) is 0. The minimum absolute atomic E-state index is 0.868. The van der Waals surface area contributed by atoms with E-state index < -0.39 is 0 Å². The van der Waals surface area contributed by atoms with Gasteiger partial charge in [-0.25, -0.2) is 0 Å². The molecule has 0 amide bonds. The third-order valence-corrected chi connectivity index (χ3v) is 2.85. The van der Waals surface area contributed by atoms with Crippen LogP contribution in [0.2, 0.25) is 0 Å². The minimum Gasteiger partial charge on any atom is -0.381 e. The van der Waals surface area contributed by atoms with E-state index in [0.717, 1.165) is 76.5 Å². The fraction of sp³-hybridized carbons (Fsp3) is 1.00. The Bertz CT molecular complexity index is 110. The van der Waals surface area contributed by atoms with Crippen LogP contribution in [-0.2, 0) is 9.47 Å². The highest BCUT2D eigenvalue weighted by molar-refractivity contribution is 7.80.